The van der Waals surface area contributed by atoms with E-state index < -0.39 is 0 Å². The highest BCUT2D eigenvalue weighted by Gasteiger charge is 2.33. The number of thioether (sulfide) groups is 1. The molecule has 1 saturated heterocycles. The second-order valence-electron chi connectivity index (χ2n) is 6.61. The molecule has 0 aliphatic carbocycles. The Labute approximate surface area is 183 Å². The van der Waals surface area contributed by atoms with E-state index in [9.17, 15) is 4.79 Å². The van der Waals surface area contributed by atoms with Crippen LogP contribution in [0.1, 0.15) is 19.4 Å². The first kappa shape index (κ1) is 20.9. The van der Waals surface area contributed by atoms with E-state index >= 15 is 0 Å². The van der Waals surface area contributed by atoms with E-state index in [4.69, 9.17) is 21.7 Å². The van der Waals surface area contributed by atoms with Gasteiger partial charge in [0.05, 0.1) is 24.3 Å². The van der Waals surface area contributed by atoms with Gasteiger partial charge in [-0.3, -0.25) is 9.69 Å². The van der Waals surface area contributed by atoms with Crippen molar-refractivity contribution in [1.29, 1.82) is 0 Å². The van der Waals surface area contributed by atoms with Crippen LogP contribution in [0, 0.1) is 5.92 Å². The lowest BCUT2D eigenvalue weighted by Gasteiger charge is -2.14. The molecule has 0 radical (unpaired) electrons. The summed E-state index contributed by atoms with van der Waals surface area (Å²) in [5, 5.41) is 0. The van der Waals surface area contributed by atoms with Crippen LogP contribution in [-0.2, 0) is 4.79 Å². The summed E-state index contributed by atoms with van der Waals surface area (Å²) in [6, 6.07) is 13.1. The first-order valence-electron chi connectivity index (χ1n) is 8.73. The quantitative estimate of drug-likeness (QED) is 0.382. The van der Waals surface area contributed by atoms with Gasteiger partial charge in [0.15, 0.2) is 15.8 Å². The Morgan fingerprint density at radius 1 is 1.18 bits per heavy atom. The predicted molar refractivity (Wildman–Crippen MR) is 123 cm³/mol. The van der Waals surface area contributed by atoms with Crippen molar-refractivity contribution in [2.75, 3.05) is 18.6 Å². The van der Waals surface area contributed by atoms with Gasteiger partial charge < -0.3 is 9.47 Å². The molecule has 1 aliphatic rings. The molecule has 0 unspecified atom stereocenters. The maximum Gasteiger partial charge on any atom is 0.270 e. The number of carbonyl (C=O) groups excluding carboxylic acids is 1. The van der Waals surface area contributed by atoms with Gasteiger partial charge in [-0.1, -0.05) is 59.8 Å². The molecule has 0 N–H and O–H groups in total. The van der Waals surface area contributed by atoms with Crippen molar-refractivity contribution >= 4 is 61.9 Å². The minimum absolute atomic E-state index is 0.128. The average Bonchev–Trinajstić information content (AvgIpc) is 2.94. The lowest BCUT2D eigenvalue weighted by molar-refractivity contribution is -0.113. The molecule has 3 rings (SSSR count). The van der Waals surface area contributed by atoms with E-state index in [-0.39, 0.29) is 5.91 Å². The van der Waals surface area contributed by atoms with Gasteiger partial charge in [0.25, 0.3) is 5.91 Å². The van der Waals surface area contributed by atoms with Crippen molar-refractivity contribution in [3.05, 3.63) is 57.4 Å². The summed E-state index contributed by atoms with van der Waals surface area (Å²) in [6.45, 7) is 4.80. The van der Waals surface area contributed by atoms with Crippen LogP contribution in [0.5, 0.6) is 11.5 Å². The first-order chi connectivity index (χ1) is 13.4. The number of carbonyl (C=O) groups is 1. The number of rotatable bonds is 6. The van der Waals surface area contributed by atoms with E-state index in [1.54, 1.807) is 12.0 Å². The smallest absolute Gasteiger partial charge is 0.270 e. The maximum absolute atomic E-state index is 12.9. The zero-order valence-electron chi connectivity index (χ0n) is 15.8. The predicted octanol–water partition coefficient (Wildman–Crippen LogP) is 5.90. The van der Waals surface area contributed by atoms with Gasteiger partial charge >= 0.3 is 0 Å². The van der Waals surface area contributed by atoms with E-state index in [1.807, 2.05) is 48.5 Å². The van der Waals surface area contributed by atoms with Crippen LogP contribution in [0.15, 0.2) is 51.8 Å². The molecule has 0 bridgehead atoms. The molecule has 1 amide bonds. The summed E-state index contributed by atoms with van der Waals surface area (Å²) in [5.41, 5.74) is 1.61. The van der Waals surface area contributed by atoms with Crippen molar-refractivity contribution in [3.8, 4) is 11.5 Å². The summed E-state index contributed by atoms with van der Waals surface area (Å²) in [4.78, 5) is 15.0. The number of amides is 1. The summed E-state index contributed by atoms with van der Waals surface area (Å²) < 4.78 is 12.7. The highest BCUT2D eigenvalue weighted by Crippen LogP contribution is 2.37. The molecule has 4 nitrogen and oxygen atoms in total. The molecule has 2 aromatic carbocycles. The van der Waals surface area contributed by atoms with Crippen LogP contribution < -0.4 is 14.4 Å². The Morgan fingerprint density at radius 3 is 2.54 bits per heavy atom. The van der Waals surface area contributed by atoms with Crippen molar-refractivity contribution in [1.82, 2.24) is 0 Å². The summed E-state index contributed by atoms with van der Waals surface area (Å²) in [6.07, 6.45) is 1.83. The van der Waals surface area contributed by atoms with E-state index in [2.05, 4.69) is 29.8 Å². The molecule has 0 spiro atoms. The van der Waals surface area contributed by atoms with Gasteiger partial charge in [-0.2, -0.15) is 0 Å². The zero-order valence-corrected chi connectivity index (χ0v) is 19.0. The van der Waals surface area contributed by atoms with Gasteiger partial charge in [0.2, 0.25) is 0 Å². The third kappa shape index (κ3) is 4.77. The van der Waals surface area contributed by atoms with Crippen molar-refractivity contribution in [2.24, 2.45) is 5.92 Å². The number of benzene rings is 2. The molecule has 1 heterocycles. The van der Waals surface area contributed by atoms with Crippen LogP contribution in [0.3, 0.4) is 0 Å². The number of nitrogens with zero attached hydrogens (tertiary/aromatic N) is 1. The number of ether oxygens (including phenoxy) is 2. The molecule has 28 heavy (non-hydrogen) atoms. The highest BCUT2D eigenvalue weighted by atomic mass is 79.9. The topological polar surface area (TPSA) is 38.8 Å². The molecule has 1 fully saturated rings. The Bertz CT molecular complexity index is 926. The number of methoxy groups -OCH3 is 1. The van der Waals surface area contributed by atoms with Crippen molar-refractivity contribution in [3.63, 3.8) is 0 Å². The second-order valence-corrected chi connectivity index (χ2v) is 9.20. The molecular weight excluding hydrogens is 458 g/mol. The molecule has 2 aromatic rings. The van der Waals surface area contributed by atoms with Gasteiger partial charge in [0.1, 0.15) is 0 Å². The van der Waals surface area contributed by atoms with Crippen molar-refractivity contribution < 1.29 is 14.3 Å². The third-order valence-corrected chi connectivity index (χ3v) is 5.77. The number of anilines is 1. The van der Waals surface area contributed by atoms with Crippen molar-refractivity contribution in [2.45, 2.75) is 13.8 Å². The van der Waals surface area contributed by atoms with Crippen LogP contribution >= 0.6 is 39.9 Å². The lowest BCUT2D eigenvalue weighted by atomic mass is 10.1. The molecule has 0 saturated carbocycles. The molecular formula is C21H20BrNO3S2. The van der Waals surface area contributed by atoms with E-state index in [1.165, 1.54) is 11.8 Å². The SMILES string of the molecule is COc1cc(/C=C2/SC(=S)N(c3ccc(Br)cc3)C2=O)ccc1OCC(C)C. The molecule has 1 aliphatic heterocycles. The number of hydrogen-bond donors (Lipinski definition) is 0. The average molecular weight is 478 g/mol. The van der Waals surface area contributed by atoms with Gasteiger partial charge in [0, 0.05) is 4.47 Å². The van der Waals surface area contributed by atoms with E-state index in [0.29, 0.717) is 33.2 Å². The fraction of sp³-hybridized carbons (Fsp3) is 0.238. The Hall–Kier alpha value is -1.83. The number of halogens is 1. The third-order valence-electron chi connectivity index (χ3n) is 3.94. The number of thiocarbonyl (C=S) groups is 1. The fourth-order valence-corrected chi connectivity index (χ4v) is 4.14. The van der Waals surface area contributed by atoms with Crippen LogP contribution in [0.2, 0.25) is 0 Å². The van der Waals surface area contributed by atoms with Crippen LogP contribution in [-0.4, -0.2) is 23.9 Å². The van der Waals surface area contributed by atoms with Gasteiger partial charge in [-0.25, -0.2) is 0 Å². The normalized spacial score (nSPS) is 15.6. The van der Waals surface area contributed by atoms with Crippen LogP contribution in [0.4, 0.5) is 5.69 Å². The monoisotopic (exact) mass is 477 g/mol. The summed E-state index contributed by atoms with van der Waals surface area (Å²) in [7, 11) is 1.61. The van der Waals surface area contributed by atoms with Crippen LogP contribution in [0.25, 0.3) is 6.08 Å². The largest absolute Gasteiger partial charge is 0.493 e. The fourth-order valence-electron chi connectivity index (χ4n) is 2.58. The van der Waals surface area contributed by atoms with Gasteiger partial charge in [-0.05, 0) is 54.0 Å². The minimum Gasteiger partial charge on any atom is -0.493 e. The highest BCUT2D eigenvalue weighted by molar-refractivity contribution is 9.10. The Morgan fingerprint density at radius 2 is 1.89 bits per heavy atom. The molecule has 0 aromatic heterocycles. The molecule has 7 heteroatoms. The van der Waals surface area contributed by atoms with E-state index in [0.717, 1.165) is 15.7 Å². The Balaban J connectivity index is 1.84. The lowest BCUT2D eigenvalue weighted by Crippen LogP contribution is -2.27. The summed E-state index contributed by atoms with van der Waals surface area (Å²) >= 11 is 10.1. The van der Waals surface area contributed by atoms with Gasteiger partial charge in [-0.15, -0.1) is 0 Å². The molecule has 0 atom stereocenters. The Kier molecular flexibility index (Phi) is 6.80. The standard InChI is InChI=1S/C21H20BrNO3S2/c1-13(2)12-26-17-9-4-14(10-18(17)25-3)11-19-20(24)23(21(27)28-19)16-7-5-15(22)6-8-16/h4-11,13H,12H2,1-3H3/b19-11+. The zero-order chi connectivity index (χ0) is 20.3. The second kappa shape index (κ2) is 9.11. The number of hydrogen-bond acceptors (Lipinski definition) is 5. The maximum atomic E-state index is 12.9. The summed E-state index contributed by atoms with van der Waals surface area (Å²) in [5.74, 6) is 1.62. The minimum atomic E-state index is -0.128. The first-order valence-corrected chi connectivity index (χ1v) is 10.7. The molecule has 146 valence electrons.